The van der Waals surface area contributed by atoms with Crippen LogP contribution in [0.5, 0.6) is 5.75 Å². The molecule has 0 radical (unpaired) electrons. The van der Waals surface area contributed by atoms with Gasteiger partial charge in [0.15, 0.2) is 17.7 Å². The second-order valence-electron chi connectivity index (χ2n) is 26.1. The van der Waals surface area contributed by atoms with Crippen LogP contribution in [0.3, 0.4) is 0 Å². The molecule has 4 amide bonds. The van der Waals surface area contributed by atoms with Crippen LogP contribution in [0.25, 0.3) is 0 Å². The minimum atomic E-state index is -2.00. The summed E-state index contributed by atoms with van der Waals surface area (Å²) in [7, 11) is 0. The van der Waals surface area contributed by atoms with Crippen LogP contribution in [0.1, 0.15) is 92.2 Å². The molecule has 3 heterocycles. The van der Waals surface area contributed by atoms with Crippen molar-refractivity contribution in [2.24, 2.45) is 39.9 Å². The Labute approximate surface area is 537 Å². The van der Waals surface area contributed by atoms with Crippen LogP contribution in [-0.4, -0.2) is 135 Å². The third kappa shape index (κ3) is 12.5. The third-order valence-corrected chi connectivity index (χ3v) is 20.7. The molecule has 3 aliphatic heterocycles. The zero-order valence-electron chi connectivity index (χ0n) is 51.5. The summed E-state index contributed by atoms with van der Waals surface area (Å²) in [5.41, 5.74) is 5.74. The number of amides is 4. The first-order valence-corrected chi connectivity index (χ1v) is 31.6. The highest BCUT2D eigenvalue weighted by molar-refractivity contribution is 6.01. The largest absolute Gasteiger partial charge is 0.479 e. The first kappa shape index (κ1) is 64.1. The summed E-state index contributed by atoms with van der Waals surface area (Å²) in [6, 6.07) is 34.4. The van der Waals surface area contributed by atoms with E-state index in [1.54, 1.807) is 35.3 Å². The number of hydrogen-bond acceptors (Lipinski definition) is 16. The van der Waals surface area contributed by atoms with Crippen molar-refractivity contribution >= 4 is 64.1 Å². The van der Waals surface area contributed by atoms with E-state index in [-0.39, 0.29) is 91.5 Å². The molecule has 484 valence electrons. The molecule has 0 aromatic heterocycles. The van der Waals surface area contributed by atoms with Crippen molar-refractivity contribution in [3.05, 3.63) is 172 Å². The molecule has 0 unspecified atom stereocenters. The summed E-state index contributed by atoms with van der Waals surface area (Å²) in [4.78, 5) is 96.2. The van der Waals surface area contributed by atoms with Crippen molar-refractivity contribution in [2.75, 3.05) is 46.7 Å². The molecule has 13 atom stereocenters. The molecular formula is C72H75N5O16. The van der Waals surface area contributed by atoms with Crippen LogP contribution in [-0.2, 0) is 57.8 Å². The molecule has 21 nitrogen and oxygen atoms in total. The molecule has 3 saturated carbocycles. The van der Waals surface area contributed by atoms with Gasteiger partial charge >= 0.3 is 12.1 Å². The third-order valence-electron chi connectivity index (χ3n) is 20.7. The Morgan fingerprint density at radius 1 is 0.785 bits per heavy atom. The van der Waals surface area contributed by atoms with E-state index in [2.05, 4.69) is 46.5 Å². The lowest BCUT2D eigenvalue weighted by Gasteiger charge is -2.60. The molecule has 5 aromatic carbocycles. The molecule has 5 aromatic rings. The molecule has 9 N–H and O–H groups in total. The Morgan fingerprint density at radius 3 is 2.32 bits per heavy atom. The van der Waals surface area contributed by atoms with E-state index < -0.39 is 83.5 Å². The van der Waals surface area contributed by atoms with Gasteiger partial charge in [0.1, 0.15) is 37.3 Å². The highest BCUT2D eigenvalue weighted by Crippen LogP contribution is 2.73. The van der Waals surface area contributed by atoms with Crippen molar-refractivity contribution in [1.29, 1.82) is 0 Å². The highest BCUT2D eigenvalue weighted by atomic mass is 16.7. The summed E-state index contributed by atoms with van der Waals surface area (Å²) in [5, 5.41) is 72.0. The number of aliphatic hydroxyl groups is 5. The number of fused-ring (bicyclic) bond motifs is 9. The SMILES string of the molecule is C[C@]12C=CC(=O)C=C1CC[C@@H]1[C@@H]2[C@@H](O)C[C@@]2(C)[C@H]1C[C@H]1CN(c3ccc(Cc4cccc(NC(=O)OCc5ccc(O[C@@H]6O[C@H](C(=O)O)[C@@H](O)[C@H](O)[C@H]6O)c(NC(=O)CCNC(=O)CCC(=O)N6Cc7ccccc7C#Cc7ccccc76)c5)c4)cc3)C[C@]12C(=O)CO. The number of para-hydroxylation sites is 1. The number of allylic oxidation sites excluding steroid dienone is 4. The lowest BCUT2D eigenvalue weighted by molar-refractivity contribution is -0.271. The van der Waals surface area contributed by atoms with E-state index >= 15 is 0 Å². The normalized spacial score (nSPS) is 28.8. The fourth-order valence-corrected chi connectivity index (χ4v) is 16.2. The predicted octanol–water partition coefficient (Wildman–Crippen LogP) is 6.34. The van der Waals surface area contributed by atoms with Gasteiger partial charge < -0.3 is 65.3 Å². The molecule has 5 fully saturated rings. The molecule has 93 heavy (non-hydrogen) atoms. The number of rotatable bonds is 18. The first-order valence-electron chi connectivity index (χ1n) is 31.6. The Balaban J connectivity index is 0.658. The topological polar surface area (TPSA) is 311 Å². The summed E-state index contributed by atoms with van der Waals surface area (Å²) in [6.45, 7) is 4.59. The fraction of sp³-hybridized carbons (Fsp3) is 0.403. The number of ketones is 2. The zero-order valence-corrected chi connectivity index (χ0v) is 51.5. The van der Waals surface area contributed by atoms with Gasteiger partial charge in [-0.25, -0.2) is 9.59 Å². The number of hydrogen-bond donors (Lipinski definition) is 9. The molecule has 7 aliphatic rings. The van der Waals surface area contributed by atoms with Gasteiger partial charge in [-0.05, 0) is 144 Å². The van der Waals surface area contributed by atoms with E-state index in [1.165, 1.54) is 18.2 Å². The average molecular weight is 1270 g/mol. The summed E-state index contributed by atoms with van der Waals surface area (Å²) in [6.07, 6.45) is -3.08. The molecule has 4 aliphatic carbocycles. The number of ether oxygens (including phenoxy) is 3. The van der Waals surface area contributed by atoms with Gasteiger partial charge in [-0.3, -0.25) is 29.3 Å². The number of aliphatic hydroxyl groups excluding tert-OH is 5. The van der Waals surface area contributed by atoms with Crippen molar-refractivity contribution < 1.29 is 78.4 Å². The van der Waals surface area contributed by atoms with E-state index in [1.807, 2.05) is 84.9 Å². The average Bonchev–Trinajstić information content (AvgIpc) is 1.54. The van der Waals surface area contributed by atoms with Gasteiger partial charge in [0.05, 0.1) is 29.4 Å². The van der Waals surface area contributed by atoms with Crippen LogP contribution in [0.2, 0.25) is 0 Å². The number of carboxylic acid groups (broad SMARTS) is 1. The number of nitrogens with zero attached hydrogens (tertiary/aromatic N) is 2. The number of nitrogens with one attached hydrogen (secondary N) is 3. The Morgan fingerprint density at radius 2 is 1.54 bits per heavy atom. The van der Waals surface area contributed by atoms with Gasteiger partial charge in [0.2, 0.25) is 24.0 Å². The molecule has 2 saturated heterocycles. The lowest BCUT2D eigenvalue weighted by Crippen LogP contribution is -2.61. The van der Waals surface area contributed by atoms with Gasteiger partial charge in [-0.2, -0.15) is 0 Å². The molecule has 0 bridgehead atoms. The van der Waals surface area contributed by atoms with Crippen LogP contribution in [0.15, 0.2) is 139 Å². The van der Waals surface area contributed by atoms with Crippen molar-refractivity contribution in [1.82, 2.24) is 5.32 Å². The Kier molecular flexibility index (Phi) is 18.0. The van der Waals surface area contributed by atoms with Crippen molar-refractivity contribution in [2.45, 2.75) is 115 Å². The second kappa shape index (κ2) is 26.2. The monoisotopic (exact) mass is 1270 g/mol. The van der Waals surface area contributed by atoms with Crippen LogP contribution >= 0.6 is 0 Å². The smallest absolute Gasteiger partial charge is 0.411 e. The number of Topliss-reactive ketones (excluding diaryl/α,β-unsaturated/α-hetero) is 1. The number of anilines is 4. The van der Waals surface area contributed by atoms with E-state index in [9.17, 15) is 64.2 Å². The minimum absolute atomic E-state index is 0.0173. The van der Waals surface area contributed by atoms with Gasteiger partial charge in [-0.15, -0.1) is 0 Å². The van der Waals surface area contributed by atoms with Crippen LogP contribution in [0, 0.1) is 51.8 Å². The van der Waals surface area contributed by atoms with E-state index in [4.69, 9.17) is 14.2 Å². The van der Waals surface area contributed by atoms with Crippen molar-refractivity contribution in [3.8, 4) is 17.6 Å². The summed E-state index contributed by atoms with van der Waals surface area (Å²) in [5.74, 6) is 3.16. The zero-order chi connectivity index (χ0) is 65.5. The van der Waals surface area contributed by atoms with Crippen LogP contribution < -0.4 is 30.5 Å². The number of carbonyl (C=O) groups is 7. The number of carbonyl (C=O) groups excluding carboxylic acids is 6. The summed E-state index contributed by atoms with van der Waals surface area (Å²) < 4.78 is 16.8. The van der Waals surface area contributed by atoms with E-state index in [0.717, 1.165) is 52.8 Å². The maximum Gasteiger partial charge on any atom is 0.411 e. The maximum absolute atomic E-state index is 14.3. The molecular weight excluding hydrogens is 1190 g/mol. The minimum Gasteiger partial charge on any atom is -0.479 e. The number of aliphatic carboxylic acids is 1. The van der Waals surface area contributed by atoms with E-state index in [0.29, 0.717) is 48.4 Å². The highest BCUT2D eigenvalue weighted by Gasteiger charge is 2.73. The van der Waals surface area contributed by atoms with Gasteiger partial charge in [0.25, 0.3) is 0 Å². The molecule has 0 spiro atoms. The lowest BCUT2D eigenvalue weighted by atomic mass is 9.44. The van der Waals surface area contributed by atoms with Gasteiger partial charge in [0, 0.05) is 72.7 Å². The Hall–Kier alpha value is -9.01. The molecule has 12 rings (SSSR count). The second-order valence-corrected chi connectivity index (χ2v) is 26.1. The van der Waals surface area contributed by atoms with Crippen molar-refractivity contribution in [3.63, 3.8) is 0 Å². The standard InChI is InChI=1S/C72H75N5O16/c1-70-28-26-51(79)33-47(70)19-22-52-53-34-48-37-76(40-72(48,58(81)38-78)71(53,2)35-56(80)62(52)70)50-20-14-41(15-21-50)30-42-8-7-12-49(31-42)74-69(90)91-39-43-16-23-57(92-68-65(87)63(85)64(86)66(93-68)67(88)89)54(32-43)75-60(83)27-29-73-59(82)24-25-61(84)77-36-46-11-4-3-9-44(46)17-18-45-10-5-6-13-55(45)77/h3-16,20-21,23,26,28,31-33,48,52-53,56,62-66,68,78,80,85-87H,19,22,24-25,27,29-30,34-40H2,1-2H3,(H,73,82)(H,74,90)(H,75,83)(H,88,89)/t48-,52-,53-,56-,62+,63-,64-,65+,66-,68+,70-,71-,72+/m0/s1. The number of carboxylic acids is 1. The predicted molar refractivity (Wildman–Crippen MR) is 340 cm³/mol. The Bertz CT molecular complexity index is 3910. The fourth-order valence-electron chi connectivity index (χ4n) is 16.2. The first-order chi connectivity index (χ1) is 44.7. The van der Waals surface area contributed by atoms with Gasteiger partial charge in [-0.1, -0.05) is 98.0 Å². The summed E-state index contributed by atoms with van der Waals surface area (Å²) >= 11 is 0. The van der Waals surface area contributed by atoms with Crippen LogP contribution in [0.4, 0.5) is 27.5 Å². The number of benzene rings is 5. The quantitative estimate of drug-likeness (QED) is 0.0432. The molecule has 21 heteroatoms. The maximum atomic E-state index is 14.3.